The molecule has 146 valence electrons. The van der Waals surface area contributed by atoms with Crippen LogP contribution in [0.4, 0.5) is 5.13 Å². The summed E-state index contributed by atoms with van der Waals surface area (Å²) in [6, 6.07) is 11.0. The molecule has 1 saturated heterocycles. The number of thiazole rings is 1. The van der Waals surface area contributed by atoms with Crippen LogP contribution in [0.5, 0.6) is 5.75 Å². The number of hydrogen-bond acceptors (Lipinski definition) is 5. The van der Waals surface area contributed by atoms with Crippen LogP contribution < -0.4 is 9.64 Å². The Morgan fingerprint density at radius 2 is 2.25 bits per heavy atom. The largest absolute Gasteiger partial charge is 0.497 e. The lowest BCUT2D eigenvalue weighted by molar-refractivity contribution is 0.0917. The van der Waals surface area contributed by atoms with Crippen molar-refractivity contribution in [2.45, 2.75) is 25.9 Å². The second-order valence-corrected chi connectivity index (χ2v) is 8.29. The molecule has 1 amide bonds. The molecule has 4 rings (SSSR count). The lowest BCUT2D eigenvalue weighted by atomic mass is 10.1. The maximum Gasteiger partial charge on any atom is 0.260 e. The van der Waals surface area contributed by atoms with Gasteiger partial charge in [0.1, 0.15) is 5.75 Å². The molecule has 0 N–H and O–H groups in total. The molecule has 1 atom stereocenters. The number of aryl methyl sites for hydroxylation is 1. The summed E-state index contributed by atoms with van der Waals surface area (Å²) in [6.07, 6.45) is 1.98. The van der Waals surface area contributed by atoms with E-state index in [1.807, 2.05) is 31.2 Å². The van der Waals surface area contributed by atoms with Gasteiger partial charge in [-0.1, -0.05) is 29.0 Å². The number of amides is 1. The van der Waals surface area contributed by atoms with E-state index in [-0.39, 0.29) is 12.0 Å². The van der Waals surface area contributed by atoms with E-state index in [1.54, 1.807) is 24.1 Å². The zero-order chi connectivity index (χ0) is 19.7. The Bertz CT molecular complexity index is 1010. The van der Waals surface area contributed by atoms with Gasteiger partial charge in [0.15, 0.2) is 5.13 Å². The Hall–Kier alpha value is -2.15. The number of hydrogen-bond donors (Lipinski definition) is 0. The van der Waals surface area contributed by atoms with Crippen molar-refractivity contribution in [1.29, 1.82) is 0 Å². The number of fused-ring (bicyclic) bond motifs is 1. The van der Waals surface area contributed by atoms with Gasteiger partial charge in [0.2, 0.25) is 0 Å². The minimum Gasteiger partial charge on any atom is -0.497 e. The number of halogens is 1. The molecule has 0 bridgehead atoms. The van der Waals surface area contributed by atoms with Crippen LogP contribution in [0, 0.1) is 6.92 Å². The molecule has 1 aromatic heterocycles. The van der Waals surface area contributed by atoms with Gasteiger partial charge in [-0.25, -0.2) is 4.98 Å². The maximum absolute atomic E-state index is 13.4. The first-order chi connectivity index (χ1) is 13.5. The van der Waals surface area contributed by atoms with Crippen molar-refractivity contribution in [2.75, 3.05) is 25.2 Å². The van der Waals surface area contributed by atoms with Crippen LogP contribution in [-0.2, 0) is 4.74 Å². The van der Waals surface area contributed by atoms with E-state index in [1.165, 1.54) is 11.3 Å². The zero-order valence-corrected chi connectivity index (χ0v) is 17.3. The standard InChI is InChI=1S/C21H21ClN2O3S/c1-13-9-15(22)11-18-19(13)23-21(28-18)24(12-17-7-4-8-27-17)20(25)14-5-3-6-16(10-14)26-2/h3,5-6,9-11,17H,4,7-8,12H2,1-2H3. The molecule has 0 aliphatic carbocycles. The molecular weight excluding hydrogens is 396 g/mol. The lowest BCUT2D eigenvalue weighted by Crippen LogP contribution is -2.37. The SMILES string of the molecule is COc1cccc(C(=O)N(CC2CCCO2)c2nc3c(C)cc(Cl)cc3s2)c1. The molecule has 5 nitrogen and oxygen atoms in total. The number of ether oxygens (including phenoxy) is 2. The van der Waals surface area contributed by atoms with Crippen LogP contribution in [0.3, 0.4) is 0 Å². The van der Waals surface area contributed by atoms with Crippen LogP contribution >= 0.6 is 22.9 Å². The van der Waals surface area contributed by atoms with Crippen molar-refractivity contribution < 1.29 is 14.3 Å². The summed E-state index contributed by atoms with van der Waals surface area (Å²) in [5.41, 5.74) is 2.43. The minimum atomic E-state index is -0.114. The van der Waals surface area contributed by atoms with E-state index in [4.69, 9.17) is 26.1 Å². The smallest absolute Gasteiger partial charge is 0.260 e. The normalized spacial score (nSPS) is 16.5. The molecule has 0 saturated carbocycles. The molecule has 2 aromatic carbocycles. The number of carbonyl (C=O) groups is 1. The van der Waals surface area contributed by atoms with Gasteiger partial charge in [-0.05, 0) is 55.7 Å². The monoisotopic (exact) mass is 416 g/mol. The number of methoxy groups -OCH3 is 1. The topological polar surface area (TPSA) is 51.7 Å². The van der Waals surface area contributed by atoms with E-state index < -0.39 is 0 Å². The fourth-order valence-electron chi connectivity index (χ4n) is 3.41. The third kappa shape index (κ3) is 3.85. The maximum atomic E-state index is 13.4. The Balaban J connectivity index is 1.74. The summed E-state index contributed by atoms with van der Waals surface area (Å²) >= 11 is 7.68. The van der Waals surface area contributed by atoms with Crippen molar-refractivity contribution in [3.8, 4) is 5.75 Å². The van der Waals surface area contributed by atoms with Gasteiger partial charge >= 0.3 is 0 Å². The van der Waals surface area contributed by atoms with E-state index in [0.717, 1.165) is 35.2 Å². The van der Waals surface area contributed by atoms with E-state index in [9.17, 15) is 4.79 Å². The highest BCUT2D eigenvalue weighted by Crippen LogP contribution is 2.34. The molecule has 0 spiro atoms. The number of rotatable bonds is 5. The summed E-state index contributed by atoms with van der Waals surface area (Å²) in [7, 11) is 1.59. The Morgan fingerprint density at radius 3 is 3.00 bits per heavy atom. The molecule has 28 heavy (non-hydrogen) atoms. The Morgan fingerprint density at radius 1 is 1.39 bits per heavy atom. The van der Waals surface area contributed by atoms with E-state index >= 15 is 0 Å². The molecule has 1 aliphatic rings. The molecule has 1 aliphatic heterocycles. The number of benzene rings is 2. The Labute approximate surface area is 172 Å². The van der Waals surface area contributed by atoms with Gasteiger partial charge in [-0.3, -0.25) is 9.69 Å². The highest BCUT2D eigenvalue weighted by molar-refractivity contribution is 7.22. The van der Waals surface area contributed by atoms with E-state index in [0.29, 0.717) is 28.0 Å². The quantitative estimate of drug-likeness (QED) is 0.581. The highest BCUT2D eigenvalue weighted by Gasteiger charge is 2.27. The number of aromatic nitrogens is 1. The van der Waals surface area contributed by atoms with Gasteiger partial charge in [-0.15, -0.1) is 0 Å². The van der Waals surface area contributed by atoms with Crippen molar-refractivity contribution in [3.05, 3.63) is 52.5 Å². The van der Waals surface area contributed by atoms with Crippen molar-refractivity contribution >= 4 is 44.2 Å². The summed E-state index contributed by atoms with van der Waals surface area (Å²) < 4.78 is 12.0. The lowest BCUT2D eigenvalue weighted by Gasteiger charge is -2.23. The van der Waals surface area contributed by atoms with Gasteiger partial charge < -0.3 is 9.47 Å². The van der Waals surface area contributed by atoms with Crippen LogP contribution in [0.15, 0.2) is 36.4 Å². The predicted octanol–water partition coefficient (Wildman–Crippen LogP) is 5.09. The molecule has 2 heterocycles. The fourth-order valence-corrected chi connectivity index (χ4v) is 4.84. The van der Waals surface area contributed by atoms with Crippen LogP contribution in [0.2, 0.25) is 5.02 Å². The van der Waals surface area contributed by atoms with Gasteiger partial charge in [-0.2, -0.15) is 0 Å². The summed E-state index contributed by atoms with van der Waals surface area (Å²) in [5.74, 6) is 0.534. The van der Waals surface area contributed by atoms with Crippen molar-refractivity contribution in [3.63, 3.8) is 0 Å². The second-order valence-electron chi connectivity index (χ2n) is 6.85. The average Bonchev–Trinajstić information content (AvgIpc) is 3.35. The molecule has 0 radical (unpaired) electrons. The number of nitrogens with zero attached hydrogens (tertiary/aromatic N) is 2. The third-order valence-corrected chi connectivity index (χ3v) is 6.09. The van der Waals surface area contributed by atoms with Gasteiger partial charge in [0.25, 0.3) is 5.91 Å². The predicted molar refractivity (Wildman–Crippen MR) is 113 cm³/mol. The number of carbonyl (C=O) groups excluding carboxylic acids is 1. The van der Waals surface area contributed by atoms with Crippen molar-refractivity contribution in [1.82, 2.24) is 4.98 Å². The zero-order valence-electron chi connectivity index (χ0n) is 15.8. The third-order valence-electron chi connectivity index (χ3n) is 4.84. The van der Waals surface area contributed by atoms with Crippen molar-refractivity contribution in [2.24, 2.45) is 0 Å². The van der Waals surface area contributed by atoms with Crippen LogP contribution in [0.1, 0.15) is 28.8 Å². The average molecular weight is 417 g/mol. The van der Waals surface area contributed by atoms with Gasteiger partial charge in [0.05, 0.1) is 30.0 Å². The molecule has 1 fully saturated rings. The summed E-state index contributed by atoms with van der Waals surface area (Å²) in [5, 5.41) is 1.33. The summed E-state index contributed by atoms with van der Waals surface area (Å²) in [6.45, 7) is 3.19. The minimum absolute atomic E-state index is 0.0197. The molecule has 7 heteroatoms. The first-order valence-corrected chi connectivity index (χ1v) is 10.4. The fraction of sp³-hybridized carbons (Fsp3) is 0.333. The van der Waals surface area contributed by atoms with Crippen LogP contribution in [-0.4, -0.2) is 37.3 Å². The first kappa shape index (κ1) is 19.2. The molecule has 3 aromatic rings. The van der Waals surface area contributed by atoms with Crippen LogP contribution in [0.25, 0.3) is 10.2 Å². The first-order valence-electron chi connectivity index (χ1n) is 9.19. The second kappa shape index (κ2) is 8.07. The highest BCUT2D eigenvalue weighted by atomic mass is 35.5. The number of anilines is 1. The molecular formula is C21H21ClN2O3S. The van der Waals surface area contributed by atoms with E-state index in [2.05, 4.69) is 0 Å². The van der Waals surface area contributed by atoms with Gasteiger partial charge in [0, 0.05) is 17.2 Å². The molecule has 1 unspecified atom stereocenters. The summed E-state index contributed by atoms with van der Waals surface area (Å²) in [4.78, 5) is 19.9. The Kier molecular flexibility index (Phi) is 5.53.